The topological polar surface area (TPSA) is 44.8 Å². The molecule has 0 aliphatic carbocycles. The molecule has 0 atom stereocenters. The maximum atomic E-state index is 11.1. The molecule has 0 N–H and O–H groups in total. The van der Waals surface area contributed by atoms with E-state index in [1.807, 2.05) is 32.8 Å². The summed E-state index contributed by atoms with van der Waals surface area (Å²) in [6.45, 7) is 7.40. The molecule has 0 spiro atoms. The average molecular weight is 308 g/mol. The molecule has 0 saturated carbocycles. The van der Waals surface area contributed by atoms with E-state index in [1.165, 1.54) is 37.0 Å². The van der Waals surface area contributed by atoms with Crippen molar-refractivity contribution in [1.29, 1.82) is 0 Å². The Labute approximate surface area is 129 Å². The number of carbonyl (C=O) groups excluding carboxylic acids is 1. The summed E-state index contributed by atoms with van der Waals surface area (Å²) >= 11 is 2.43. The van der Waals surface area contributed by atoms with Gasteiger partial charge in [-0.2, -0.15) is 0 Å². The van der Waals surface area contributed by atoms with Crippen LogP contribution < -0.4 is 8.37 Å². The van der Waals surface area contributed by atoms with Crippen LogP contribution in [0.3, 0.4) is 0 Å². The third-order valence-corrected chi connectivity index (χ3v) is 2.99. The minimum Gasteiger partial charge on any atom is -0.466 e. The Balaban J connectivity index is 2.88. The molecule has 0 aromatic heterocycles. The van der Waals surface area contributed by atoms with Crippen LogP contribution in [0.4, 0.5) is 0 Å². The number of carbonyl (C=O) groups is 1. The van der Waals surface area contributed by atoms with Gasteiger partial charge in [0.2, 0.25) is 13.1 Å². The van der Waals surface area contributed by atoms with Crippen LogP contribution >= 0.6 is 23.8 Å². The number of benzene rings is 1. The van der Waals surface area contributed by atoms with Gasteiger partial charge in [-0.1, -0.05) is 19.7 Å². The van der Waals surface area contributed by atoms with Crippen LogP contribution in [0.2, 0.25) is 13.6 Å². The number of hydrogen-bond donors (Lipinski definition) is 0. The molecule has 0 unspecified atom stereocenters. The molecule has 0 amide bonds. The van der Waals surface area contributed by atoms with Gasteiger partial charge < -0.3 is 13.1 Å². The minimum atomic E-state index is -0.403. The summed E-state index contributed by atoms with van der Waals surface area (Å²) in [4.78, 5) is 11.1. The average Bonchev–Trinajstić information content (AvgIpc) is 2.49. The van der Waals surface area contributed by atoms with E-state index in [0.29, 0.717) is 11.5 Å². The second-order valence-corrected chi connectivity index (χ2v) is 5.05. The first kappa shape index (κ1) is 16.9. The van der Waals surface area contributed by atoms with E-state index in [9.17, 15) is 4.79 Å². The maximum Gasteiger partial charge on any atom is 0.330 e. The van der Waals surface area contributed by atoms with E-state index in [2.05, 4.69) is 4.74 Å². The first-order valence-electron chi connectivity index (χ1n) is 5.83. The molecule has 1 aromatic rings. The normalized spacial score (nSPS) is 10.2. The molecule has 104 valence electrons. The van der Waals surface area contributed by atoms with Gasteiger partial charge in [0, 0.05) is 6.08 Å². The summed E-state index contributed by atoms with van der Waals surface area (Å²) in [5.41, 5.74) is 0.819. The van der Waals surface area contributed by atoms with Crippen molar-refractivity contribution in [2.75, 3.05) is 7.11 Å². The van der Waals surface area contributed by atoms with Crippen LogP contribution in [0.25, 0.3) is 6.08 Å². The van der Waals surface area contributed by atoms with Gasteiger partial charge in [-0.05, 0) is 47.6 Å². The molecule has 1 rings (SSSR count). The first-order valence-corrected chi connectivity index (χ1v) is 7.44. The standard InChI is InChI=1S/C12H14B2O4S2/c1-13-19-17-10-6-4-9(5-7-12(15)16-3)8-11(10)18-20-14-2/h4-8H,1-3H3/b7-5+. The molecule has 0 aliphatic rings. The van der Waals surface area contributed by atoms with E-state index in [-0.39, 0.29) is 0 Å². The molecule has 8 heteroatoms. The summed E-state index contributed by atoms with van der Waals surface area (Å²) in [6.07, 6.45) is 3.01. The fourth-order valence-electron chi connectivity index (χ4n) is 1.19. The van der Waals surface area contributed by atoms with Crippen molar-refractivity contribution in [3.05, 3.63) is 29.8 Å². The molecular weight excluding hydrogens is 294 g/mol. The number of rotatable bonds is 8. The van der Waals surface area contributed by atoms with Crippen LogP contribution in [0.5, 0.6) is 11.5 Å². The highest BCUT2D eigenvalue weighted by atomic mass is 32.2. The highest BCUT2D eigenvalue weighted by molar-refractivity contribution is 8.19. The van der Waals surface area contributed by atoms with Crippen LogP contribution in [-0.2, 0) is 9.53 Å². The number of ether oxygens (including phenoxy) is 1. The van der Waals surface area contributed by atoms with E-state index in [0.717, 1.165) is 5.56 Å². The summed E-state index contributed by atoms with van der Waals surface area (Å²) in [5.74, 6) is 0.812. The van der Waals surface area contributed by atoms with Gasteiger partial charge >= 0.3 is 5.97 Å². The third kappa shape index (κ3) is 5.88. The molecular formula is C12H14B2O4S2. The molecule has 0 heterocycles. The van der Waals surface area contributed by atoms with Gasteiger partial charge in [-0.25, -0.2) is 4.79 Å². The SMILES string of the molecule is C[B]SOc1ccc(/C=C/C(=O)OC)cc1OS[B]C. The van der Waals surface area contributed by atoms with Gasteiger partial charge in [-0.3, -0.25) is 0 Å². The molecule has 0 fully saturated rings. The molecule has 0 bridgehead atoms. The Morgan fingerprint density at radius 1 is 1.15 bits per heavy atom. The van der Waals surface area contributed by atoms with E-state index < -0.39 is 5.97 Å². The minimum absolute atomic E-state index is 0.403. The Bertz CT molecular complexity index is 469. The number of hydrogen-bond acceptors (Lipinski definition) is 6. The second kappa shape index (κ2) is 9.71. The monoisotopic (exact) mass is 308 g/mol. The Kier molecular flexibility index (Phi) is 8.22. The molecule has 0 saturated heterocycles. The quantitative estimate of drug-likeness (QED) is 0.318. The van der Waals surface area contributed by atoms with Gasteiger partial charge in [0.1, 0.15) is 0 Å². The fraction of sp³-hybridized carbons (Fsp3) is 0.250. The summed E-state index contributed by atoms with van der Waals surface area (Å²) in [5, 5.41) is 0. The van der Waals surface area contributed by atoms with Crippen molar-refractivity contribution in [1.82, 2.24) is 0 Å². The maximum absolute atomic E-state index is 11.1. The summed E-state index contributed by atoms with van der Waals surface area (Å²) in [7, 11) is 1.34. The number of methoxy groups -OCH3 is 1. The Hall–Kier alpha value is -1.14. The number of esters is 1. The highest BCUT2D eigenvalue weighted by Crippen LogP contribution is 2.33. The summed E-state index contributed by atoms with van der Waals surface area (Å²) in [6, 6.07) is 5.42. The van der Waals surface area contributed by atoms with Crippen LogP contribution in [0.15, 0.2) is 24.3 Å². The van der Waals surface area contributed by atoms with Crippen molar-refractivity contribution in [2.24, 2.45) is 0 Å². The van der Waals surface area contributed by atoms with Crippen molar-refractivity contribution in [3.63, 3.8) is 0 Å². The zero-order chi connectivity index (χ0) is 14.8. The van der Waals surface area contributed by atoms with E-state index in [4.69, 9.17) is 8.37 Å². The molecule has 4 nitrogen and oxygen atoms in total. The van der Waals surface area contributed by atoms with Crippen molar-refractivity contribution >= 4 is 48.9 Å². The van der Waals surface area contributed by atoms with Crippen molar-refractivity contribution in [2.45, 2.75) is 13.6 Å². The van der Waals surface area contributed by atoms with Gasteiger partial charge in [0.15, 0.2) is 11.5 Å². The van der Waals surface area contributed by atoms with Gasteiger partial charge in [0.25, 0.3) is 0 Å². The zero-order valence-corrected chi connectivity index (χ0v) is 13.1. The second-order valence-electron chi connectivity index (χ2n) is 3.39. The Morgan fingerprint density at radius 2 is 1.80 bits per heavy atom. The fourth-order valence-corrected chi connectivity index (χ4v) is 1.86. The summed E-state index contributed by atoms with van der Waals surface area (Å²) < 4.78 is 15.5. The highest BCUT2D eigenvalue weighted by Gasteiger charge is 2.07. The third-order valence-electron chi connectivity index (χ3n) is 2.05. The smallest absolute Gasteiger partial charge is 0.330 e. The van der Waals surface area contributed by atoms with E-state index >= 15 is 0 Å². The lowest BCUT2D eigenvalue weighted by Crippen LogP contribution is -1.94. The lowest BCUT2D eigenvalue weighted by Gasteiger charge is -2.10. The van der Waals surface area contributed by atoms with Gasteiger partial charge in [0.05, 0.1) is 7.11 Å². The lowest BCUT2D eigenvalue weighted by molar-refractivity contribution is -0.134. The van der Waals surface area contributed by atoms with Crippen molar-refractivity contribution in [3.8, 4) is 11.5 Å². The van der Waals surface area contributed by atoms with Crippen LogP contribution in [0.1, 0.15) is 5.56 Å². The zero-order valence-electron chi connectivity index (χ0n) is 11.5. The molecule has 2 radical (unpaired) electrons. The van der Waals surface area contributed by atoms with Crippen LogP contribution in [0, 0.1) is 0 Å². The molecule has 1 aromatic carbocycles. The lowest BCUT2D eigenvalue weighted by atomic mass is 10.2. The predicted molar refractivity (Wildman–Crippen MR) is 87.2 cm³/mol. The van der Waals surface area contributed by atoms with Crippen LogP contribution in [-0.4, -0.2) is 26.2 Å². The van der Waals surface area contributed by atoms with E-state index in [1.54, 1.807) is 18.2 Å². The first-order chi connectivity index (χ1) is 9.71. The largest absolute Gasteiger partial charge is 0.466 e. The molecule has 0 aliphatic heterocycles. The molecule has 20 heavy (non-hydrogen) atoms. The predicted octanol–water partition coefficient (Wildman–Crippen LogP) is 3.26. The Morgan fingerprint density at radius 3 is 2.40 bits per heavy atom. The van der Waals surface area contributed by atoms with Gasteiger partial charge in [-0.15, -0.1) is 0 Å². The van der Waals surface area contributed by atoms with Crippen molar-refractivity contribution < 1.29 is 17.9 Å².